The van der Waals surface area contributed by atoms with Gasteiger partial charge in [0.05, 0.1) is 11.6 Å². The van der Waals surface area contributed by atoms with Crippen LogP contribution < -0.4 is 5.32 Å². The zero-order chi connectivity index (χ0) is 17.5. The van der Waals surface area contributed by atoms with Gasteiger partial charge in [0.15, 0.2) is 11.6 Å². The van der Waals surface area contributed by atoms with Crippen LogP contribution in [0.15, 0.2) is 30.6 Å². The molecule has 9 heteroatoms. The summed E-state index contributed by atoms with van der Waals surface area (Å²) in [5.74, 6) is -1.29. The van der Waals surface area contributed by atoms with E-state index in [-0.39, 0.29) is 10.9 Å². The van der Waals surface area contributed by atoms with Crippen molar-refractivity contribution in [2.75, 3.05) is 5.32 Å². The van der Waals surface area contributed by atoms with Crippen molar-refractivity contribution in [2.24, 2.45) is 0 Å². The summed E-state index contributed by atoms with van der Waals surface area (Å²) in [6.45, 7) is 3.10. The monoisotopic (exact) mass is 353 g/mol. The molecule has 0 bridgehead atoms. The van der Waals surface area contributed by atoms with Crippen molar-refractivity contribution in [3.8, 4) is 0 Å². The molecule has 0 amide bonds. The number of nitrogens with one attached hydrogen (secondary N) is 1. The maximum absolute atomic E-state index is 13.6. The molecule has 1 aromatic carbocycles. The number of nitrogens with zero attached hydrogens (tertiary/aromatic N) is 4. The van der Waals surface area contributed by atoms with E-state index < -0.39 is 23.3 Å². The van der Waals surface area contributed by atoms with Gasteiger partial charge in [0, 0.05) is 6.07 Å². The van der Waals surface area contributed by atoms with Crippen LogP contribution in [0.1, 0.15) is 25.5 Å². The lowest BCUT2D eigenvalue weighted by Gasteiger charge is -2.31. The minimum absolute atomic E-state index is 0.179. The maximum atomic E-state index is 13.6. The van der Waals surface area contributed by atoms with E-state index in [4.69, 9.17) is 11.6 Å². The van der Waals surface area contributed by atoms with Crippen LogP contribution in [0.2, 0.25) is 5.15 Å². The van der Waals surface area contributed by atoms with Crippen LogP contribution in [0.5, 0.6) is 0 Å². The molecule has 24 heavy (non-hydrogen) atoms. The molecule has 0 saturated carbocycles. The second kappa shape index (κ2) is 5.95. The summed E-state index contributed by atoms with van der Waals surface area (Å²) >= 11 is 5.97. The normalized spacial score (nSPS) is 13.2. The lowest BCUT2D eigenvalue weighted by molar-refractivity contribution is 0.0586. The predicted molar refractivity (Wildman–Crippen MR) is 84.8 cm³/mol. The van der Waals surface area contributed by atoms with E-state index in [1.54, 1.807) is 13.8 Å². The number of aromatic nitrogens is 4. The topological polar surface area (TPSA) is 75.3 Å². The van der Waals surface area contributed by atoms with E-state index in [1.165, 1.54) is 23.0 Å². The predicted octanol–water partition coefficient (Wildman–Crippen LogP) is 2.98. The van der Waals surface area contributed by atoms with E-state index >= 15 is 0 Å². The van der Waals surface area contributed by atoms with Crippen LogP contribution in [0.3, 0.4) is 0 Å². The van der Waals surface area contributed by atoms with Gasteiger partial charge in [-0.05, 0) is 31.5 Å². The summed E-state index contributed by atoms with van der Waals surface area (Å²) in [4.78, 5) is 7.96. The molecule has 126 valence electrons. The molecule has 0 saturated heterocycles. The highest BCUT2D eigenvalue weighted by Gasteiger charge is 2.30. The Morgan fingerprint density at radius 1 is 1.25 bits per heavy atom. The largest absolute Gasteiger partial charge is 0.388 e. The summed E-state index contributed by atoms with van der Waals surface area (Å²) < 4.78 is 28.2. The van der Waals surface area contributed by atoms with Crippen molar-refractivity contribution in [1.82, 2.24) is 19.6 Å². The third-order valence-electron chi connectivity index (χ3n) is 3.50. The average molecular weight is 354 g/mol. The summed E-state index contributed by atoms with van der Waals surface area (Å²) in [6.07, 6.45) is 1.31. The zero-order valence-corrected chi connectivity index (χ0v) is 13.6. The van der Waals surface area contributed by atoms with Gasteiger partial charge in [-0.15, -0.1) is 0 Å². The molecule has 3 rings (SSSR count). The Hall–Kier alpha value is -2.32. The van der Waals surface area contributed by atoms with Crippen LogP contribution >= 0.6 is 11.6 Å². The van der Waals surface area contributed by atoms with Gasteiger partial charge >= 0.3 is 0 Å². The standard InChI is InChI=1S/C15H14ClF2N5O/c1-15(2,24)13(8-3-4-9(17)10(18)5-8)22-12-6-11(16)21-14-19-7-20-23(12)14/h3-7,13,22,24H,1-2H3. The first-order valence-electron chi connectivity index (χ1n) is 7.06. The minimum Gasteiger partial charge on any atom is -0.388 e. The fourth-order valence-electron chi connectivity index (χ4n) is 2.39. The SMILES string of the molecule is CC(C)(O)C(Nc1cc(Cl)nc2ncnn12)c1ccc(F)c(F)c1. The van der Waals surface area contributed by atoms with Gasteiger partial charge in [-0.2, -0.15) is 19.6 Å². The summed E-state index contributed by atoms with van der Waals surface area (Å²) in [7, 11) is 0. The van der Waals surface area contributed by atoms with Gasteiger partial charge in [0.1, 0.15) is 17.3 Å². The highest BCUT2D eigenvalue weighted by atomic mass is 35.5. The van der Waals surface area contributed by atoms with Crippen molar-refractivity contribution in [3.63, 3.8) is 0 Å². The number of hydrogen-bond donors (Lipinski definition) is 2. The van der Waals surface area contributed by atoms with E-state index in [2.05, 4.69) is 20.4 Å². The van der Waals surface area contributed by atoms with Gasteiger partial charge in [-0.25, -0.2) is 8.78 Å². The molecule has 0 aliphatic rings. The molecular weight excluding hydrogens is 340 g/mol. The molecule has 0 radical (unpaired) electrons. The van der Waals surface area contributed by atoms with E-state index in [9.17, 15) is 13.9 Å². The highest BCUT2D eigenvalue weighted by Crippen LogP contribution is 2.31. The summed E-state index contributed by atoms with van der Waals surface area (Å²) in [5, 5.41) is 17.7. The second-order valence-corrected chi connectivity index (χ2v) is 6.23. The number of anilines is 1. The number of hydrogen-bond acceptors (Lipinski definition) is 5. The third-order valence-corrected chi connectivity index (χ3v) is 3.69. The van der Waals surface area contributed by atoms with Gasteiger partial charge in [0.2, 0.25) is 0 Å². The zero-order valence-electron chi connectivity index (χ0n) is 12.8. The Morgan fingerprint density at radius 3 is 2.67 bits per heavy atom. The number of benzene rings is 1. The van der Waals surface area contributed by atoms with E-state index in [0.29, 0.717) is 11.4 Å². The number of fused-ring (bicyclic) bond motifs is 1. The molecule has 2 heterocycles. The van der Waals surface area contributed by atoms with Gasteiger partial charge in [-0.3, -0.25) is 0 Å². The second-order valence-electron chi connectivity index (χ2n) is 5.84. The van der Waals surface area contributed by atoms with Gasteiger partial charge in [-0.1, -0.05) is 17.7 Å². The number of halogens is 3. The van der Waals surface area contributed by atoms with E-state index in [0.717, 1.165) is 12.1 Å². The summed E-state index contributed by atoms with van der Waals surface area (Å²) in [6, 6.07) is 4.18. The number of rotatable bonds is 4. The Balaban J connectivity index is 2.07. The van der Waals surface area contributed by atoms with Crippen molar-refractivity contribution >= 4 is 23.2 Å². The lowest BCUT2D eigenvalue weighted by Crippen LogP contribution is -2.35. The first kappa shape index (κ1) is 16.5. The Labute approximate surface area is 141 Å². The summed E-state index contributed by atoms with van der Waals surface area (Å²) in [5.41, 5.74) is -0.935. The number of aliphatic hydroxyl groups is 1. The molecule has 0 spiro atoms. The molecule has 1 atom stereocenters. The van der Waals surface area contributed by atoms with Crippen LogP contribution in [-0.2, 0) is 0 Å². The molecule has 6 nitrogen and oxygen atoms in total. The van der Waals surface area contributed by atoms with Gasteiger partial charge in [0.25, 0.3) is 5.78 Å². The van der Waals surface area contributed by atoms with Crippen molar-refractivity contribution in [3.05, 3.63) is 52.9 Å². The fourth-order valence-corrected chi connectivity index (χ4v) is 2.57. The van der Waals surface area contributed by atoms with Crippen LogP contribution in [0, 0.1) is 11.6 Å². The van der Waals surface area contributed by atoms with E-state index in [1.807, 2.05) is 0 Å². The van der Waals surface area contributed by atoms with Crippen molar-refractivity contribution in [1.29, 1.82) is 0 Å². The average Bonchev–Trinajstić information content (AvgIpc) is 2.94. The smallest absolute Gasteiger partial charge is 0.255 e. The minimum atomic E-state index is -1.30. The Kier molecular flexibility index (Phi) is 4.10. The van der Waals surface area contributed by atoms with Crippen molar-refractivity contribution < 1.29 is 13.9 Å². The maximum Gasteiger partial charge on any atom is 0.255 e. The van der Waals surface area contributed by atoms with Crippen LogP contribution in [-0.4, -0.2) is 30.3 Å². The first-order chi connectivity index (χ1) is 11.3. The highest BCUT2D eigenvalue weighted by molar-refractivity contribution is 6.29. The first-order valence-corrected chi connectivity index (χ1v) is 7.43. The molecule has 0 aliphatic heterocycles. The quantitative estimate of drug-likeness (QED) is 0.705. The molecule has 2 aromatic heterocycles. The fraction of sp³-hybridized carbons (Fsp3) is 0.267. The van der Waals surface area contributed by atoms with Crippen molar-refractivity contribution in [2.45, 2.75) is 25.5 Å². The lowest BCUT2D eigenvalue weighted by atomic mass is 9.91. The molecule has 0 fully saturated rings. The van der Waals surface area contributed by atoms with Gasteiger partial charge < -0.3 is 10.4 Å². The van der Waals surface area contributed by atoms with Crippen LogP contribution in [0.25, 0.3) is 5.78 Å². The molecule has 1 unspecified atom stereocenters. The Bertz CT molecular complexity index is 893. The molecular formula is C15H14ClF2N5O. The Morgan fingerprint density at radius 2 is 2.00 bits per heavy atom. The van der Waals surface area contributed by atoms with Crippen LogP contribution in [0.4, 0.5) is 14.6 Å². The molecule has 3 aromatic rings. The third kappa shape index (κ3) is 3.15. The molecule has 2 N–H and O–H groups in total. The molecule has 0 aliphatic carbocycles.